The van der Waals surface area contributed by atoms with E-state index in [2.05, 4.69) is 46.4 Å². The summed E-state index contributed by atoms with van der Waals surface area (Å²) in [5.41, 5.74) is 0.587. The van der Waals surface area contributed by atoms with E-state index in [1.54, 1.807) is 27.1 Å². The second-order valence-electron chi connectivity index (χ2n) is 7.35. The van der Waals surface area contributed by atoms with Crippen LogP contribution in [0.25, 0.3) is 0 Å². The van der Waals surface area contributed by atoms with E-state index in [1.165, 1.54) is 11.3 Å². The van der Waals surface area contributed by atoms with Crippen molar-refractivity contribution in [1.29, 1.82) is 0 Å². The lowest BCUT2D eigenvalue weighted by Gasteiger charge is -2.16. The van der Waals surface area contributed by atoms with E-state index in [0.29, 0.717) is 35.6 Å². The Morgan fingerprint density at radius 1 is 1.43 bits per heavy atom. The molecule has 2 aromatic heterocycles. The quantitative estimate of drug-likeness (QED) is 0.430. The number of aryl methyl sites for hydroxylation is 1. The van der Waals surface area contributed by atoms with Gasteiger partial charge in [0.2, 0.25) is 5.89 Å². The molecule has 154 valence electrons. The fourth-order valence-electron chi connectivity index (χ4n) is 2.35. The predicted molar refractivity (Wildman–Crippen MR) is 110 cm³/mol. The van der Waals surface area contributed by atoms with Crippen LogP contribution in [-0.2, 0) is 16.7 Å². The number of ether oxygens (including phenoxy) is 1. The zero-order valence-corrected chi connectivity index (χ0v) is 18.4. The maximum Gasteiger partial charge on any atom is 0.350 e. The molecule has 0 spiro atoms. The molecule has 9 heteroatoms. The van der Waals surface area contributed by atoms with Crippen LogP contribution in [0.15, 0.2) is 15.6 Å². The fourth-order valence-corrected chi connectivity index (χ4v) is 3.31. The van der Waals surface area contributed by atoms with E-state index >= 15 is 0 Å². The van der Waals surface area contributed by atoms with Crippen molar-refractivity contribution in [2.45, 2.75) is 59.5 Å². The van der Waals surface area contributed by atoms with Crippen molar-refractivity contribution in [2.24, 2.45) is 4.99 Å². The average molecular weight is 408 g/mol. The number of carbonyl (C=O) groups is 1. The number of thiazole rings is 1. The van der Waals surface area contributed by atoms with E-state index in [1.807, 2.05) is 6.92 Å². The summed E-state index contributed by atoms with van der Waals surface area (Å²) in [6.07, 6.45) is 1.76. The first kappa shape index (κ1) is 21.9. The van der Waals surface area contributed by atoms with Gasteiger partial charge in [0.1, 0.15) is 15.6 Å². The highest BCUT2D eigenvalue weighted by Crippen LogP contribution is 2.24. The Bertz CT molecular complexity index is 835. The van der Waals surface area contributed by atoms with Gasteiger partial charge in [-0.25, -0.2) is 14.8 Å². The number of oxazole rings is 1. The van der Waals surface area contributed by atoms with E-state index in [-0.39, 0.29) is 17.4 Å². The molecule has 0 aliphatic carbocycles. The Morgan fingerprint density at radius 2 is 2.14 bits per heavy atom. The lowest BCUT2D eigenvalue weighted by molar-refractivity contribution is 0.0531. The van der Waals surface area contributed by atoms with Gasteiger partial charge in [0, 0.05) is 12.5 Å². The fraction of sp³-hybridized carbons (Fsp3) is 0.579. The highest BCUT2D eigenvalue weighted by atomic mass is 32.1. The highest BCUT2D eigenvalue weighted by Gasteiger charge is 2.21. The summed E-state index contributed by atoms with van der Waals surface area (Å²) in [6, 6.07) is -0.132. The van der Waals surface area contributed by atoms with Crippen molar-refractivity contribution in [3.8, 4) is 0 Å². The molecule has 2 N–H and O–H groups in total. The molecule has 0 bridgehead atoms. The van der Waals surface area contributed by atoms with Gasteiger partial charge in [-0.05, 0) is 20.8 Å². The Morgan fingerprint density at radius 3 is 2.71 bits per heavy atom. The minimum absolute atomic E-state index is 0.0843. The molecule has 0 fully saturated rings. The summed E-state index contributed by atoms with van der Waals surface area (Å²) >= 11 is 1.33. The predicted octanol–water partition coefficient (Wildman–Crippen LogP) is 3.34. The monoisotopic (exact) mass is 407 g/mol. The molecule has 0 amide bonds. The zero-order valence-electron chi connectivity index (χ0n) is 17.5. The number of nitrogens with one attached hydrogen (secondary N) is 2. The van der Waals surface area contributed by atoms with Gasteiger partial charge >= 0.3 is 5.97 Å². The van der Waals surface area contributed by atoms with Gasteiger partial charge < -0.3 is 19.8 Å². The van der Waals surface area contributed by atoms with Gasteiger partial charge in [-0.3, -0.25) is 4.99 Å². The number of nitrogens with zero attached hydrogens (tertiary/aromatic N) is 3. The van der Waals surface area contributed by atoms with E-state index in [0.717, 1.165) is 10.8 Å². The van der Waals surface area contributed by atoms with Crippen molar-refractivity contribution < 1.29 is 13.9 Å². The Balaban J connectivity index is 1.98. The normalized spacial score (nSPS) is 13.3. The molecule has 0 aromatic carbocycles. The molecule has 0 aliphatic heterocycles. The first-order valence-corrected chi connectivity index (χ1v) is 10.0. The SMILES string of the molecule is CCOC(=O)c1sc(C(C)NC(=NC)NCc2ncc(C(C)(C)C)o2)nc1C. The standard InChI is InChI=1S/C19H29N5O3S/c1-8-26-17(25)15-11(2)23-16(28-15)12(3)24-18(20-7)22-10-14-21-9-13(27-14)19(4,5)6/h9,12H,8,10H2,1-7H3,(H2,20,22,24). The number of aliphatic imine (C=N–C) groups is 1. The van der Waals surface area contributed by atoms with Gasteiger partial charge in [-0.2, -0.15) is 0 Å². The van der Waals surface area contributed by atoms with Crippen LogP contribution in [0.1, 0.15) is 72.7 Å². The molecule has 2 aromatic rings. The number of hydrogen-bond donors (Lipinski definition) is 2. The maximum atomic E-state index is 12.0. The number of guanidine groups is 1. The van der Waals surface area contributed by atoms with Crippen molar-refractivity contribution in [3.63, 3.8) is 0 Å². The zero-order chi connectivity index (χ0) is 20.9. The number of esters is 1. The van der Waals surface area contributed by atoms with Crippen LogP contribution in [0, 0.1) is 6.92 Å². The minimum atomic E-state index is -0.336. The molecule has 0 saturated heterocycles. The summed E-state index contributed by atoms with van der Waals surface area (Å²) in [5, 5.41) is 7.24. The van der Waals surface area contributed by atoms with Crippen LogP contribution in [0.5, 0.6) is 0 Å². The second kappa shape index (κ2) is 9.18. The summed E-state index contributed by atoms with van der Waals surface area (Å²) < 4.78 is 10.9. The molecule has 0 radical (unpaired) electrons. The van der Waals surface area contributed by atoms with Crippen LogP contribution in [0.4, 0.5) is 0 Å². The van der Waals surface area contributed by atoms with Gasteiger partial charge in [-0.1, -0.05) is 20.8 Å². The van der Waals surface area contributed by atoms with Crippen LogP contribution in [-0.4, -0.2) is 35.6 Å². The molecule has 8 nitrogen and oxygen atoms in total. The van der Waals surface area contributed by atoms with E-state index in [4.69, 9.17) is 9.15 Å². The Labute approximate surface area is 169 Å². The van der Waals surface area contributed by atoms with E-state index in [9.17, 15) is 4.79 Å². The number of rotatable bonds is 6. The summed E-state index contributed by atoms with van der Waals surface area (Å²) in [5.74, 6) is 1.69. The van der Waals surface area contributed by atoms with Gasteiger partial charge in [0.05, 0.1) is 31.1 Å². The van der Waals surface area contributed by atoms with Gasteiger partial charge in [0.25, 0.3) is 0 Å². The third-order valence-corrected chi connectivity index (χ3v) is 5.24. The van der Waals surface area contributed by atoms with Crippen molar-refractivity contribution >= 4 is 23.3 Å². The number of aromatic nitrogens is 2. The number of carbonyl (C=O) groups excluding carboxylic acids is 1. The first-order chi connectivity index (χ1) is 13.2. The summed E-state index contributed by atoms with van der Waals surface area (Å²) in [4.78, 5) is 25.5. The highest BCUT2D eigenvalue weighted by molar-refractivity contribution is 7.13. The smallest absolute Gasteiger partial charge is 0.350 e. The lowest BCUT2D eigenvalue weighted by atomic mass is 9.94. The maximum absolute atomic E-state index is 12.0. The Hall–Kier alpha value is -2.42. The van der Waals surface area contributed by atoms with Crippen molar-refractivity contribution in [2.75, 3.05) is 13.7 Å². The van der Waals surface area contributed by atoms with Crippen LogP contribution >= 0.6 is 11.3 Å². The van der Waals surface area contributed by atoms with Crippen molar-refractivity contribution in [3.05, 3.63) is 33.4 Å². The van der Waals surface area contributed by atoms with Crippen LogP contribution in [0.3, 0.4) is 0 Å². The second-order valence-corrected chi connectivity index (χ2v) is 8.38. The lowest BCUT2D eigenvalue weighted by Crippen LogP contribution is -2.38. The topological polar surface area (TPSA) is 102 Å². The Kier molecular flexibility index (Phi) is 7.17. The number of hydrogen-bond acceptors (Lipinski definition) is 7. The molecular formula is C19H29N5O3S. The molecule has 1 unspecified atom stereocenters. The largest absolute Gasteiger partial charge is 0.462 e. The minimum Gasteiger partial charge on any atom is -0.462 e. The molecular weight excluding hydrogens is 378 g/mol. The molecule has 1 atom stereocenters. The molecule has 0 aliphatic rings. The summed E-state index contributed by atoms with van der Waals surface area (Å²) in [7, 11) is 1.69. The summed E-state index contributed by atoms with van der Waals surface area (Å²) in [6.45, 7) is 12.5. The average Bonchev–Trinajstić information content (AvgIpc) is 3.25. The van der Waals surface area contributed by atoms with Crippen LogP contribution < -0.4 is 10.6 Å². The van der Waals surface area contributed by atoms with Crippen LogP contribution in [0.2, 0.25) is 0 Å². The molecule has 2 heterocycles. The first-order valence-electron chi connectivity index (χ1n) is 9.22. The third kappa shape index (κ3) is 5.54. The molecule has 2 rings (SSSR count). The third-order valence-electron chi connectivity index (χ3n) is 3.92. The van der Waals surface area contributed by atoms with Crippen molar-refractivity contribution in [1.82, 2.24) is 20.6 Å². The molecule has 28 heavy (non-hydrogen) atoms. The molecule has 0 saturated carbocycles. The van der Waals surface area contributed by atoms with E-state index < -0.39 is 0 Å². The van der Waals surface area contributed by atoms with Gasteiger partial charge in [-0.15, -0.1) is 11.3 Å². The van der Waals surface area contributed by atoms with Gasteiger partial charge in [0.15, 0.2) is 5.96 Å².